The standard InChI is InChI=1S/C11H25NO/c1-9(10(2,3)4)12-8-7-11(5,6)13/h9,12-13H,7-8H2,1-6H3. The average Bonchev–Trinajstić information content (AvgIpc) is 1.82. The Hall–Kier alpha value is -0.0800. The van der Waals surface area contributed by atoms with E-state index >= 15 is 0 Å². The molecule has 2 nitrogen and oxygen atoms in total. The molecule has 1 atom stereocenters. The molecule has 0 aliphatic heterocycles. The van der Waals surface area contributed by atoms with Crippen molar-refractivity contribution in [2.45, 2.75) is 59.6 Å². The van der Waals surface area contributed by atoms with Gasteiger partial charge in [0, 0.05) is 6.04 Å². The van der Waals surface area contributed by atoms with Crippen molar-refractivity contribution in [3.05, 3.63) is 0 Å². The Morgan fingerprint density at radius 2 is 1.62 bits per heavy atom. The van der Waals surface area contributed by atoms with Crippen molar-refractivity contribution in [1.29, 1.82) is 0 Å². The summed E-state index contributed by atoms with van der Waals surface area (Å²) < 4.78 is 0. The van der Waals surface area contributed by atoms with E-state index in [9.17, 15) is 5.11 Å². The van der Waals surface area contributed by atoms with Crippen molar-refractivity contribution >= 4 is 0 Å². The summed E-state index contributed by atoms with van der Waals surface area (Å²) in [6, 6.07) is 0.481. The van der Waals surface area contributed by atoms with Gasteiger partial charge in [0.15, 0.2) is 0 Å². The van der Waals surface area contributed by atoms with Gasteiger partial charge in [-0.2, -0.15) is 0 Å². The second kappa shape index (κ2) is 4.43. The maximum Gasteiger partial charge on any atom is 0.0603 e. The van der Waals surface area contributed by atoms with Gasteiger partial charge < -0.3 is 10.4 Å². The molecule has 0 saturated carbocycles. The quantitative estimate of drug-likeness (QED) is 0.707. The molecule has 0 aromatic heterocycles. The van der Waals surface area contributed by atoms with Crippen molar-refractivity contribution in [3.63, 3.8) is 0 Å². The molecule has 0 aliphatic carbocycles. The zero-order valence-electron chi connectivity index (χ0n) is 9.94. The van der Waals surface area contributed by atoms with Crippen LogP contribution in [0.5, 0.6) is 0 Å². The predicted octanol–water partition coefficient (Wildman–Crippen LogP) is 2.17. The molecule has 0 aromatic rings. The summed E-state index contributed by atoms with van der Waals surface area (Å²) in [5.41, 5.74) is -0.260. The Kier molecular flexibility index (Phi) is 4.40. The molecule has 2 N–H and O–H groups in total. The molecule has 13 heavy (non-hydrogen) atoms. The lowest BCUT2D eigenvalue weighted by Crippen LogP contribution is -2.40. The van der Waals surface area contributed by atoms with E-state index in [-0.39, 0.29) is 0 Å². The molecule has 0 saturated heterocycles. The third kappa shape index (κ3) is 7.03. The van der Waals surface area contributed by atoms with Crippen LogP contribution in [0.3, 0.4) is 0 Å². The van der Waals surface area contributed by atoms with Gasteiger partial charge >= 0.3 is 0 Å². The van der Waals surface area contributed by atoms with Crippen LogP contribution in [-0.2, 0) is 0 Å². The fourth-order valence-corrected chi connectivity index (χ4v) is 0.901. The summed E-state index contributed by atoms with van der Waals surface area (Å²) in [5, 5.41) is 12.9. The largest absolute Gasteiger partial charge is 0.390 e. The fraction of sp³-hybridized carbons (Fsp3) is 1.00. The molecule has 0 aromatic carbocycles. The fourth-order valence-electron chi connectivity index (χ4n) is 0.901. The normalized spacial score (nSPS) is 15.9. The van der Waals surface area contributed by atoms with Gasteiger partial charge in [0.1, 0.15) is 0 Å². The molecule has 0 heterocycles. The van der Waals surface area contributed by atoms with Gasteiger partial charge in [-0.3, -0.25) is 0 Å². The Morgan fingerprint density at radius 1 is 1.15 bits per heavy atom. The van der Waals surface area contributed by atoms with Crippen LogP contribution >= 0.6 is 0 Å². The number of hydrogen-bond donors (Lipinski definition) is 2. The minimum Gasteiger partial charge on any atom is -0.390 e. The Bertz CT molecular complexity index is 141. The minimum absolute atomic E-state index is 0.291. The van der Waals surface area contributed by atoms with Gasteiger partial charge in [-0.25, -0.2) is 0 Å². The van der Waals surface area contributed by atoms with Crippen LogP contribution in [0, 0.1) is 5.41 Å². The van der Waals surface area contributed by atoms with E-state index in [1.54, 1.807) is 0 Å². The minimum atomic E-state index is -0.551. The molecule has 1 unspecified atom stereocenters. The molecule has 2 heteroatoms. The molecule has 0 amide bonds. The summed E-state index contributed by atoms with van der Waals surface area (Å²) in [6.45, 7) is 13.4. The van der Waals surface area contributed by atoms with E-state index in [0.29, 0.717) is 11.5 Å². The summed E-state index contributed by atoms with van der Waals surface area (Å²) in [7, 11) is 0. The van der Waals surface area contributed by atoms with Crippen LogP contribution in [0.2, 0.25) is 0 Å². The van der Waals surface area contributed by atoms with E-state index in [0.717, 1.165) is 13.0 Å². The van der Waals surface area contributed by atoms with Gasteiger partial charge in [-0.05, 0) is 39.2 Å². The molecular formula is C11H25NO. The van der Waals surface area contributed by atoms with E-state index in [2.05, 4.69) is 33.0 Å². The van der Waals surface area contributed by atoms with Crippen LogP contribution in [0.1, 0.15) is 48.0 Å². The third-order valence-electron chi connectivity index (χ3n) is 2.49. The number of rotatable bonds is 4. The van der Waals surface area contributed by atoms with Crippen LogP contribution in [0.15, 0.2) is 0 Å². The highest BCUT2D eigenvalue weighted by atomic mass is 16.3. The van der Waals surface area contributed by atoms with Crippen molar-refractivity contribution in [1.82, 2.24) is 5.32 Å². The first kappa shape index (κ1) is 12.9. The molecule has 0 radical (unpaired) electrons. The van der Waals surface area contributed by atoms with Gasteiger partial charge in [-0.15, -0.1) is 0 Å². The molecule has 0 fully saturated rings. The maximum atomic E-state index is 9.49. The highest BCUT2D eigenvalue weighted by molar-refractivity contribution is 4.77. The summed E-state index contributed by atoms with van der Waals surface area (Å²) in [6.07, 6.45) is 0.799. The first-order valence-corrected chi connectivity index (χ1v) is 5.09. The predicted molar refractivity (Wildman–Crippen MR) is 57.8 cm³/mol. The first-order valence-electron chi connectivity index (χ1n) is 5.09. The molecule has 80 valence electrons. The lowest BCUT2D eigenvalue weighted by molar-refractivity contribution is 0.0690. The van der Waals surface area contributed by atoms with Crippen LogP contribution in [0.25, 0.3) is 0 Å². The van der Waals surface area contributed by atoms with Gasteiger partial charge in [0.2, 0.25) is 0 Å². The Morgan fingerprint density at radius 3 is 1.92 bits per heavy atom. The molecule has 0 rings (SSSR count). The van der Waals surface area contributed by atoms with Crippen LogP contribution in [-0.4, -0.2) is 23.3 Å². The lowest BCUT2D eigenvalue weighted by atomic mass is 9.88. The molecule has 0 aliphatic rings. The van der Waals surface area contributed by atoms with Crippen molar-refractivity contribution in [2.24, 2.45) is 5.41 Å². The highest BCUT2D eigenvalue weighted by Crippen LogP contribution is 2.18. The van der Waals surface area contributed by atoms with Gasteiger partial charge in [0.25, 0.3) is 0 Å². The monoisotopic (exact) mass is 187 g/mol. The second-order valence-electron chi connectivity index (χ2n) is 5.60. The van der Waals surface area contributed by atoms with Crippen molar-refractivity contribution in [2.75, 3.05) is 6.54 Å². The number of aliphatic hydroxyl groups is 1. The van der Waals surface area contributed by atoms with E-state index in [1.807, 2.05) is 13.8 Å². The number of hydrogen-bond acceptors (Lipinski definition) is 2. The van der Waals surface area contributed by atoms with Crippen LogP contribution < -0.4 is 5.32 Å². The highest BCUT2D eigenvalue weighted by Gasteiger charge is 2.20. The maximum absolute atomic E-state index is 9.49. The van der Waals surface area contributed by atoms with Gasteiger partial charge in [-0.1, -0.05) is 20.8 Å². The summed E-state index contributed by atoms with van der Waals surface area (Å²) >= 11 is 0. The third-order valence-corrected chi connectivity index (χ3v) is 2.49. The molecule has 0 spiro atoms. The zero-order chi connectivity index (χ0) is 10.7. The average molecular weight is 187 g/mol. The van der Waals surface area contributed by atoms with Gasteiger partial charge in [0.05, 0.1) is 5.60 Å². The lowest BCUT2D eigenvalue weighted by Gasteiger charge is -2.29. The smallest absolute Gasteiger partial charge is 0.0603 e. The molecule has 0 bridgehead atoms. The number of nitrogens with one attached hydrogen (secondary N) is 1. The van der Waals surface area contributed by atoms with Crippen molar-refractivity contribution < 1.29 is 5.11 Å². The topological polar surface area (TPSA) is 32.3 Å². The second-order valence-corrected chi connectivity index (χ2v) is 5.60. The van der Waals surface area contributed by atoms with E-state index in [4.69, 9.17) is 0 Å². The Balaban J connectivity index is 3.67. The zero-order valence-corrected chi connectivity index (χ0v) is 9.94. The van der Waals surface area contributed by atoms with E-state index < -0.39 is 5.60 Å². The summed E-state index contributed by atoms with van der Waals surface area (Å²) in [4.78, 5) is 0. The SMILES string of the molecule is CC(NCCC(C)(C)O)C(C)(C)C. The van der Waals surface area contributed by atoms with Crippen molar-refractivity contribution in [3.8, 4) is 0 Å². The van der Waals surface area contributed by atoms with E-state index in [1.165, 1.54) is 0 Å². The summed E-state index contributed by atoms with van der Waals surface area (Å²) in [5.74, 6) is 0. The Labute approximate surface area is 82.7 Å². The molecular weight excluding hydrogens is 162 g/mol. The van der Waals surface area contributed by atoms with Crippen LogP contribution in [0.4, 0.5) is 0 Å². The first-order chi connectivity index (χ1) is 5.63.